The Morgan fingerprint density at radius 3 is 2.40 bits per heavy atom. The van der Waals surface area contributed by atoms with Crippen molar-refractivity contribution >= 4 is 33.7 Å². The van der Waals surface area contributed by atoms with Gasteiger partial charge in [0.05, 0.1) is 15.7 Å². The van der Waals surface area contributed by atoms with Crippen LogP contribution in [0.25, 0.3) is 0 Å². The van der Waals surface area contributed by atoms with Crippen LogP contribution in [0.15, 0.2) is 10.5 Å². The van der Waals surface area contributed by atoms with E-state index < -0.39 is 23.5 Å². The number of benzene rings is 1. The van der Waals surface area contributed by atoms with Crippen molar-refractivity contribution in [3.63, 3.8) is 0 Å². The first-order valence-electron chi connectivity index (χ1n) is 5.75. The summed E-state index contributed by atoms with van der Waals surface area (Å²) in [6.07, 6.45) is -0.804. The molecule has 2 N–H and O–H groups in total. The van der Waals surface area contributed by atoms with E-state index in [9.17, 15) is 14.0 Å². The van der Waals surface area contributed by atoms with Crippen molar-refractivity contribution in [1.82, 2.24) is 0 Å². The third kappa shape index (κ3) is 3.93. The number of anilines is 1. The molecule has 0 aliphatic carbocycles. The van der Waals surface area contributed by atoms with E-state index in [4.69, 9.17) is 9.84 Å². The summed E-state index contributed by atoms with van der Waals surface area (Å²) in [6.45, 7) is 6.53. The van der Waals surface area contributed by atoms with Crippen LogP contribution >= 0.6 is 15.9 Å². The monoisotopic (exact) mass is 347 g/mol. The van der Waals surface area contributed by atoms with Crippen LogP contribution in [0.5, 0.6) is 0 Å². The summed E-state index contributed by atoms with van der Waals surface area (Å²) in [5.74, 6) is -2.06. The zero-order chi connectivity index (χ0) is 15.7. The summed E-state index contributed by atoms with van der Waals surface area (Å²) >= 11 is 3.00. The largest absolute Gasteiger partial charge is 0.478 e. The number of amides is 1. The molecule has 0 spiro atoms. The maximum absolute atomic E-state index is 13.5. The maximum atomic E-state index is 13.5. The molecule has 110 valence electrons. The van der Waals surface area contributed by atoms with Crippen LogP contribution in [0.3, 0.4) is 0 Å². The van der Waals surface area contributed by atoms with E-state index in [1.807, 2.05) is 0 Å². The maximum Gasteiger partial charge on any atom is 0.412 e. The van der Waals surface area contributed by atoms with Crippen LogP contribution in [0, 0.1) is 12.7 Å². The van der Waals surface area contributed by atoms with Gasteiger partial charge in [0.25, 0.3) is 0 Å². The second-order valence-electron chi connectivity index (χ2n) is 5.15. The van der Waals surface area contributed by atoms with Gasteiger partial charge in [0.15, 0.2) is 0 Å². The van der Waals surface area contributed by atoms with Gasteiger partial charge in [-0.05, 0) is 55.3 Å². The van der Waals surface area contributed by atoms with Gasteiger partial charge in [-0.25, -0.2) is 14.0 Å². The first-order valence-corrected chi connectivity index (χ1v) is 6.54. The lowest BCUT2D eigenvalue weighted by atomic mass is 10.1. The van der Waals surface area contributed by atoms with E-state index in [1.165, 1.54) is 6.92 Å². The number of carbonyl (C=O) groups excluding carboxylic acids is 1. The van der Waals surface area contributed by atoms with Gasteiger partial charge in [-0.1, -0.05) is 0 Å². The molecule has 0 aromatic heterocycles. The molecule has 1 rings (SSSR count). The van der Waals surface area contributed by atoms with E-state index in [1.54, 1.807) is 20.8 Å². The van der Waals surface area contributed by atoms with Crippen LogP contribution in [0.2, 0.25) is 0 Å². The Kier molecular flexibility index (Phi) is 4.75. The number of carboxylic acids is 1. The summed E-state index contributed by atoms with van der Waals surface area (Å²) in [5.41, 5.74) is -0.791. The van der Waals surface area contributed by atoms with Crippen molar-refractivity contribution in [3.8, 4) is 0 Å². The van der Waals surface area contributed by atoms with Crippen LogP contribution < -0.4 is 5.32 Å². The lowest BCUT2D eigenvalue weighted by molar-refractivity contribution is 0.0635. The molecule has 0 fully saturated rings. The molecule has 0 bridgehead atoms. The third-order valence-electron chi connectivity index (χ3n) is 2.31. The second-order valence-corrected chi connectivity index (χ2v) is 5.94. The van der Waals surface area contributed by atoms with Crippen LogP contribution in [-0.4, -0.2) is 22.8 Å². The average Bonchev–Trinajstić information content (AvgIpc) is 2.27. The average molecular weight is 348 g/mol. The van der Waals surface area contributed by atoms with Gasteiger partial charge in [-0.15, -0.1) is 0 Å². The van der Waals surface area contributed by atoms with Gasteiger partial charge in [0, 0.05) is 0 Å². The van der Waals surface area contributed by atoms with E-state index in [2.05, 4.69) is 21.2 Å². The highest BCUT2D eigenvalue weighted by molar-refractivity contribution is 9.10. The van der Waals surface area contributed by atoms with Crippen molar-refractivity contribution in [3.05, 3.63) is 27.5 Å². The highest BCUT2D eigenvalue weighted by Gasteiger charge is 2.22. The van der Waals surface area contributed by atoms with Crippen LogP contribution in [0.4, 0.5) is 14.9 Å². The standard InChI is InChI=1S/C13H15BrFNO4/c1-6-9(14)8(15)5-7(11(17)18)10(6)16-12(19)20-13(2,3)4/h5H,1-4H3,(H,16,19)(H,17,18). The molecule has 20 heavy (non-hydrogen) atoms. The number of aromatic carboxylic acids is 1. The number of carboxylic acid groups (broad SMARTS) is 1. The topological polar surface area (TPSA) is 75.6 Å². The normalized spacial score (nSPS) is 11.1. The van der Waals surface area contributed by atoms with Crippen molar-refractivity contribution < 1.29 is 23.8 Å². The molecule has 1 aromatic carbocycles. The minimum absolute atomic E-state index is 0.0000231. The molecule has 7 heteroatoms. The van der Waals surface area contributed by atoms with Crippen molar-refractivity contribution in [2.24, 2.45) is 0 Å². The number of nitrogens with one attached hydrogen (secondary N) is 1. The van der Waals surface area contributed by atoms with E-state index in [-0.39, 0.29) is 21.3 Å². The fourth-order valence-corrected chi connectivity index (χ4v) is 1.80. The van der Waals surface area contributed by atoms with E-state index >= 15 is 0 Å². The predicted octanol–water partition coefficient (Wildman–Crippen LogP) is 3.94. The van der Waals surface area contributed by atoms with Gasteiger partial charge in [-0.2, -0.15) is 0 Å². The summed E-state index contributed by atoms with van der Waals surface area (Å²) < 4.78 is 18.7. The third-order valence-corrected chi connectivity index (χ3v) is 3.28. The van der Waals surface area contributed by atoms with Crippen LogP contribution in [0.1, 0.15) is 36.7 Å². The van der Waals surface area contributed by atoms with Crippen molar-refractivity contribution in [2.75, 3.05) is 5.32 Å². The first kappa shape index (κ1) is 16.4. The van der Waals surface area contributed by atoms with E-state index in [0.717, 1.165) is 6.07 Å². The molecular weight excluding hydrogens is 333 g/mol. The smallest absolute Gasteiger partial charge is 0.412 e. The Balaban J connectivity index is 3.20. The van der Waals surface area contributed by atoms with Gasteiger partial charge < -0.3 is 9.84 Å². The summed E-state index contributed by atoms with van der Waals surface area (Å²) in [4.78, 5) is 22.8. The summed E-state index contributed by atoms with van der Waals surface area (Å²) in [6, 6.07) is 0.839. The second kappa shape index (κ2) is 5.78. The molecule has 0 saturated heterocycles. The number of hydrogen-bond donors (Lipinski definition) is 2. The molecule has 0 atom stereocenters. The number of carbonyl (C=O) groups is 2. The Morgan fingerprint density at radius 1 is 1.40 bits per heavy atom. The molecule has 0 aliphatic rings. The van der Waals surface area contributed by atoms with Gasteiger partial charge in [0.2, 0.25) is 0 Å². The molecule has 0 heterocycles. The Bertz CT molecular complexity index is 566. The molecule has 0 unspecified atom stereocenters. The highest BCUT2D eigenvalue weighted by Crippen LogP contribution is 2.31. The number of rotatable bonds is 2. The molecule has 0 radical (unpaired) electrons. The number of halogens is 2. The summed E-state index contributed by atoms with van der Waals surface area (Å²) in [7, 11) is 0. The van der Waals surface area contributed by atoms with Gasteiger partial charge >= 0.3 is 12.1 Å². The zero-order valence-electron chi connectivity index (χ0n) is 11.5. The van der Waals surface area contributed by atoms with Gasteiger partial charge in [0.1, 0.15) is 11.4 Å². The lowest BCUT2D eigenvalue weighted by Crippen LogP contribution is -2.28. The molecular formula is C13H15BrFNO4. The molecule has 1 amide bonds. The predicted molar refractivity (Wildman–Crippen MR) is 75.7 cm³/mol. The number of hydrogen-bond acceptors (Lipinski definition) is 3. The summed E-state index contributed by atoms with van der Waals surface area (Å²) in [5, 5.41) is 11.4. The fourth-order valence-electron chi connectivity index (χ4n) is 1.49. The molecule has 0 aliphatic heterocycles. The Morgan fingerprint density at radius 2 is 1.95 bits per heavy atom. The SMILES string of the molecule is Cc1c(Br)c(F)cc(C(=O)O)c1NC(=O)OC(C)(C)C. The fraction of sp³-hybridized carbons (Fsp3) is 0.385. The number of ether oxygens (including phenoxy) is 1. The van der Waals surface area contributed by atoms with Crippen molar-refractivity contribution in [1.29, 1.82) is 0 Å². The lowest BCUT2D eigenvalue weighted by Gasteiger charge is -2.21. The Hall–Kier alpha value is -1.63. The zero-order valence-corrected chi connectivity index (χ0v) is 13.1. The molecule has 1 aromatic rings. The minimum atomic E-state index is -1.34. The first-order chi connectivity index (χ1) is 9.03. The highest BCUT2D eigenvalue weighted by atomic mass is 79.9. The van der Waals surface area contributed by atoms with Crippen molar-refractivity contribution in [2.45, 2.75) is 33.3 Å². The minimum Gasteiger partial charge on any atom is -0.478 e. The molecule has 0 saturated carbocycles. The van der Waals surface area contributed by atoms with E-state index in [0.29, 0.717) is 0 Å². The van der Waals surface area contributed by atoms with Crippen LogP contribution in [-0.2, 0) is 4.74 Å². The molecule has 5 nitrogen and oxygen atoms in total. The Labute approximate surface area is 124 Å². The quantitative estimate of drug-likeness (QED) is 0.849. The van der Waals surface area contributed by atoms with Gasteiger partial charge in [-0.3, -0.25) is 5.32 Å².